The largest absolute Gasteiger partial charge is 0.463 e. The van der Waals surface area contributed by atoms with Crippen LogP contribution in [0, 0.1) is 11.3 Å². The molecule has 0 saturated heterocycles. The van der Waals surface area contributed by atoms with Gasteiger partial charge in [0.05, 0.1) is 18.0 Å². The van der Waals surface area contributed by atoms with Crippen molar-refractivity contribution in [2.24, 2.45) is 16.3 Å². The number of hydrogen-bond donors (Lipinski definition) is 1. The summed E-state index contributed by atoms with van der Waals surface area (Å²) in [4.78, 5) is 19.2. The van der Waals surface area contributed by atoms with Gasteiger partial charge in [-0.25, -0.2) is 4.99 Å². The van der Waals surface area contributed by atoms with E-state index in [1.54, 1.807) is 48.1 Å². The van der Waals surface area contributed by atoms with E-state index in [-0.39, 0.29) is 11.3 Å². The topological polar surface area (TPSA) is 54.6 Å². The molecule has 1 N–H and O–H groups in total. The number of rotatable bonds is 4. The zero-order valence-electron chi connectivity index (χ0n) is 17.4. The van der Waals surface area contributed by atoms with Crippen molar-refractivity contribution in [3.8, 4) is 0 Å². The van der Waals surface area contributed by atoms with Crippen molar-refractivity contribution in [1.82, 2.24) is 0 Å². The van der Waals surface area contributed by atoms with E-state index in [0.717, 1.165) is 29.8 Å². The van der Waals surface area contributed by atoms with Crippen molar-refractivity contribution in [2.45, 2.75) is 40.0 Å². The van der Waals surface area contributed by atoms with Gasteiger partial charge in [-0.15, -0.1) is 11.3 Å². The van der Waals surface area contributed by atoms with Crippen LogP contribution in [0.5, 0.6) is 0 Å². The van der Waals surface area contributed by atoms with E-state index in [2.05, 4.69) is 31.1 Å². The van der Waals surface area contributed by atoms with Gasteiger partial charge in [-0.2, -0.15) is 0 Å². The monoisotopic (exact) mass is 440 g/mol. The minimum Gasteiger partial charge on any atom is -0.463 e. The van der Waals surface area contributed by atoms with E-state index >= 15 is 0 Å². The predicted molar refractivity (Wildman–Crippen MR) is 125 cm³/mol. The van der Waals surface area contributed by atoms with Crippen LogP contribution in [0.1, 0.15) is 53.8 Å². The maximum absolute atomic E-state index is 13.3. The summed E-state index contributed by atoms with van der Waals surface area (Å²) in [6.45, 7) is 6.88. The number of hydrogen-bond acceptors (Lipinski definition) is 4. The Kier molecular flexibility index (Phi) is 5.85. The predicted octanol–water partition coefficient (Wildman–Crippen LogP) is 7.15. The summed E-state index contributed by atoms with van der Waals surface area (Å²) < 4.78 is 5.37. The summed E-state index contributed by atoms with van der Waals surface area (Å²) in [5.74, 6) is 1.13. The maximum Gasteiger partial charge on any atom is 0.259 e. The second-order valence-corrected chi connectivity index (χ2v) is 10.2. The number of fused-ring (bicyclic) bond motifs is 1. The second kappa shape index (κ2) is 8.40. The van der Waals surface area contributed by atoms with Crippen molar-refractivity contribution in [3.05, 3.63) is 69.4 Å². The quantitative estimate of drug-likeness (QED) is 0.438. The summed E-state index contributed by atoms with van der Waals surface area (Å²) >= 11 is 7.59. The van der Waals surface area contributed by atoms with Gasteiger partial charge in [-0.1, -0.05) is 32.4 Å². The Hall–Kier alpha value is -2.37. The third-order valence-electron chi connectivity index (χ3n) is 5.65. The van der Waals surface area contributed by atoms with Crippen LogP contribution in [0.4, 0.5) is 10.7 Å². The Morgan fingerprint density at radius 3 is 2.70 bits per heavy atom. The number of carbonyl (C=O) groups is 1. The zero-order chi connectivity index (χ0) is 21.3. The molecule has 6 heteroatoms. The lowest BCUT2D eigenvalue weighted by atomic mass is 9.72. The number of aliphatic imine (C=N–C) groups is 1. The molecule has 4 nitrogen and oxygen atoms in total. The summed E-state index contributed by atoms with van der Waals surface area (Å²) in [6.07, 6.45) is 6.25. The van der Waals surface area contributed by atoms with Crippen LogP contribution >= 0.6 is 22.9 Å². The van der Waals surface area contributed by atoms with E-state index in [0.29, 0.717) is 28.0 Å². The second-order valence-electron chi connectivity index (χ2n) is 8.72. The van der Waals surface area contributed by atoms with Gasteiger partial charge in [-0.3, -0.25) is 4.79 Å². The number of furan rings is 1. The third kappa shape index (κ3) is 4.52. The highest BCUT2D eigenvalue weighted by Crippen LogP contribution is 2.45. The molecular formula is C24H25ClN2O2S. The standard InChI is InChI=1S/C24H25ClN2O2S/c1-24(2,3)15-6-11-19-20(13-15)30-23(26-14-18-5-4-12-29-18)21(19)22(28)27-17-9-7-16(25)8-10-17/h4-5,7-10,12,14-15H,6,11,13H2,1-3H3,(H,27,28)/t15-/m1/s1. The van der Waals surface area contributed by atoms with Crippen LogP contribution in [0.15, 0.2) is 52.1 Å². The van der Waals surface area contributed by atoms with Gasteiger partial charge in [0, 0.05) is 15.6 Å². The van der Waals surface area contributed by atoms with E-state index < -0.39 is 0 Å². The van der Waals surface area contributed by atoms with Gasteiger partial charge < -0.3 is 9.73 Å². The fourth-order valence-electron chi connectivity index (χ4n) is 3.85. The minimum atomic E-state index is -0.129. The molecule has 1 aromatic carbocycles. The number of benzene rings is 1. The molecule has 1 aliphatic rings. The summed E-state index contributed by atoms with van der Waals surface area (Å²) in [5.41, 5.74) is 2.78. The van der Waals surface area contributed by atoms with E-state index in [9.17, 15) is 4.79 Å². The zero-order valence-corrected chi connectivity index (χ0v) is 18.9. The molecule has 0 radical (unpaired) electrons. The highest BCUT2D eigenvalue weighted by molar-refractivity contribution is 7.16. The SMILES string of the molecule is CC(C)(C)[C@@H]1CCc2c(sc(N=Cc3ccco3)c2C(=O)Nc2ccc(Cl)cc2)C1. The van der Waals surface area contributed by atoms with Crippen molar-refractivity contribution >= 4 is 45.7 Å². The van der Waals surface area contributed by atoms with Gasteiger partial charge in [0.2, 0.25) is 0 Å². The van der Waals surface area contributed by atoms with Gasteiger partial charge in [-0.05, 0) is 72.6 Å². The normalized spacial score (nSPS) is 16.6. The summed E-state index contributed by atoms with van der Waals surface area (Å²) in [5, 5.41) is 4.38. The highest BCUT2D eigenvalue weighted by atomic mass is 35.5. The van der Waals surface area contributed by atoms with Gasteiger partial charge in [0.1, 0.15) is 10.8 Å². The average molecular weight is 441 g/mol. The molecule has 4 rings (SSSR count). The molecule has 156 valence electrons. The van der Waals surface area contributed by atoms with Crippen LogP contribution in [0.25, 0.3) is 0 Å². The minimum absolute atomic E-state index is 0.129. The maximum atomic E-state index is 13.3. The Bertz CT molecular complexity index is 1060. The molecule has 0 aliphatic heterocycles. The third-order valence-corrected chi connectivity index (χ3v) is 7.07. The average Bonchev–Trinajstić information content (AvgIpc) is 3.34. The number of amides is 1. The lowest BCUT2D eigenvalue weighted by Gasteiger charge is -2.33. The number of nitrogens with one attached hydrogen (secondary N) is 1. The summed E-state index contributed by atoms with van der Waals surface area (Å²) in [7, 11) is 0. The first-order valence-corrected chi connectivity index (χ1v) is 11.3. The molecular weight excluding hydrogens is 416 g/mol. The fraction of sp³-hybridized carbons (Fsp3) is 0.333. The number of thiophene rings is 1. The first kappa shape index (κ1) is 20.9. The first-order valence-electron chi connectivity index (χ1n) is 10.1. The molecule has 2 aromatic heterocycles. The van der Waals surface area contributed by atoms with Crippen LogP contribution in [-0.4, -0.2) is 12.1 Å². The summed E-state index contributed by atoms with van der Waals surface area (Å²) in [6, 6.07) is 10.8. The molecule has 3 aromatic rings. The number of nitrogens with zero attached hydrogens (tertiary/aromatic N) is 1. The number of halogens is 1. The molecule has 0 spiro atoms. The molecule has 1 aliphatic carbocycles. The molecule has 0 fully saturated rings. The van der Waals surface area contributed by atoms with Crippen LogP contribution in [0.3, 0.4) is 0 Å². The number of anilines is 1. The van der Waals surface area contributed by atoms with Crippen molar-refractivity contribution in [3.63, 3.8) is 0 Å². The fourth-order valence-corrected chi connectivity index (χ4v) is 5.24. The number of carbonyl (C=O) groups excluding carboxylic acids is 1. The molecule has 1 amide bonds. The molecule has 1 atom stereocenters. The van der Waals surface area contributed by atoms with Crippen molar-refractivity contribution in [1.29, 1.82) is 0 Å². The van der Waals surface area contributed by atoms with Crippen LogP contribution in [-0.2, 0) is 12.8 Å². The molecule has 0 bridgehead atoms. The molecule has 0 saturated carbocycles. The molecule has 0 unspecified atom stereocenters. The van der Waals surface area contributed by atoms with Gasteiger partial charge >= 0.3 is 0 Å². The molecule has 30 heavy (non-hydrogen) atoms. The van der Waals surface area contributed by atoms with Gasteiger partial charge in [0.15, 0.2) is 0 Å². The van der Waals surface area contributed by atoms with Crippen LogP contribution in [0.2, 0.25) is 5.02 Å². The smallest absolute Gasteiger partial charge is 0.259 e. The van der Waals surface area contributed by atoms with Gasteiger partial charge in [0.25, 0.3) is 5.91 Å². The van der Waals surface area contributed by atoms with Crippen LogP contribution < -0.4 is 5.32 Å². The van der Waals surface area contributed by atoms with E-state index in [1.807, 2.05) is 12.1 Å². The Morgan fingerprint density at radius 1 is 1.27 bits per heavy atom. The highest BCUT2D eigenvalue weighted by Gasteiger charge is 2.33. The lowest BCUT2D eigenvalue weighted by Crippen LogP contribution is -2.27. The first-order chi connectivity index (χ1) is 14.3. The Morgan fingerprint density at radius 2 is 2.03 bits per heavy atom. The van der Waals surface area contributed by atoms with Crippen molar-refractivity contribution in [2.75, 3.05) is 5.32 Å². The lowest BCUT2D eigenvalue weighted by molar-refractivity contribution is 0.102. The van der Waals surface area contributed by atoms with E-state index in [1.165, 1.54) is 4.88 Å². The Labute approximate surface area is 186 Å². The Balaban J connectivity index is 1.68. The van der Waals surface area contributed by atoms with E-state index in [4.69, 9.17) is 16.0 Å². The van der Waals surface area contributed by atoms with Crippen molar-refractivity contribution < 1.29 is 9.21 Å². The molecule has 2 heterocycles.